The summed E-state index contributed by atoms with van der Waals surface area (Å²) in [6, 6.07) is 8.07. The standard InChI is InChI=1S/C12H15NO2/c1-12(2)8-13(11(14)15)7-9-5-3-4-6-10(9)12/h3-6H,7-8H2,1-2H3,(H,14,15). The molecule has 80 valence electrons. The van der Waals surface area contributed by atoms with Gasteiger partial charge >= 0.3 is 6.09 Å². The highest BCUT2D eigenvalue weighted by Gasteiger charge is 2.33. The van der Waals surface area contributed by atoms with Gasteiger partial charge in [0.15, 0.2) is 0 Å². The molecule has 0 aliphatic carbocycles. The molecule has 3 heteroatoms. The van der Waals surface area contributed by atoms with Gasteiger partial charge in [-0.1, -0.05) is 38.1 Å². The van der Waals surface area contributed by atoms with Gasteiger partial charge in [0.2, 0.25) is 0 Å². The van der Waals surface area contributed by atoms with Crippen LogP contribution in [-0.4, -0.2) is 22.6 Å². The van der Waals surface area contributed by atoms with Crippen LogP contribution in [0.5, 0.6) is 0 Å². The van der Waals surface area contributed by atoms with E-state index in [-0.39, 0.29) is 5.41 Å². The van der Waals surface area contributed by atoms with Crippen LogP contribution in [0.1, 0.15) is 25.0 Å². The molecule has 1 aliphatic heterocycles. The van der Waals surface area contributed by atoms with Gasteiger partial charge in [-0.2, -0.15) is 0 Å². The highest BCUT2D eigenvalue weighted by molar-refractivity contribution is 5.66. The number of hydrogen-bond acceptors (Lipinski definition) is 1. The van der Waals surface area contributed by atoms with Gasteiger partial charge in [0.1, 0.15) is 0 Å². The van der Waals surface area contributed by atoms with Crippen molar-refractivity contribution in [2.24, 2.45) is 0 Å². The van der Waals surface area contributed by atoms with Gasteiger partial charge in [0.05, 0.1) is 0 Å². The zero-order chi connectivity index (χ0) is 11.1. The van der Waals surface area contributed by atoms with E-state index in [9.17, 15) is 4.79 Å². The Morgan fingerprint density at radius 1 is 1.40 bits per heavy atom. The van der Waals surface area contributed by atoms with E-state index < -0.39 is 6.09 Å². The SMILES string of the molecule is CC1(C)CN(C(=O)O)Cc2ccccc21. The zero-order valence-electron chi connectivity index (χ0n) is 9.03. The zero-order valence-corrected chi connectivity index (χ0v) is 9.03. The monoisotopic (exact) mass is 205 g/mol. The van der Waals surface area contributed by atoms with Gasteiger partial charge in [0.25, 0.3) is 0 Å². The van der Waals surface area contributed by atoms with Crippen molar-refractivity contribution in [1.82, 2.24) is 4.90 Å². The minimum absolute atomic E-state index is 0.0900. The molecule has 1 aliphatic rings. The summed E-state index contributed by atoms with van der Waals surface area (Å²) in [6.07, 6.45) is -0.836. The second-order valence-electron chi connectivity index (χ2n) is 4.68. The fourth-order valence-corrected chi connectivity index (χ4v) is 2.28. The number of carboxylic acid groups (broad SMARTS) is 1. The predicted octanol–water partition coefficient (Wildman–Crippen LogP) is 2.46. The van der Waals surface area contributed by atoms with E-state index in [4.69, 9.17) is 5.11 Å². The molecule has 0 unspecified atom stereocenters. The lowest BCUT2D eigenvalue weighted by atomic mass is 9.78. The number of carbonyl (C=O) groups is 1. The van der Waals surface area contributed by atoms with Crippen LogP contribution in [0.4, 0.5) is 4.79 Å². The largest absolute Gasteiger partial charge is 0.465 e. The summed E-state index contributed by atoms with van der Waals surface area (Å²) >= 11 is 0. The first-order valence-corrected chi connectivity index (χ1v) is 5.07. The number of nitrogens with zero attached hydrogens (tertiary/aromatic N) is 1. The molecule has 0 atom stereocenters. The Kier molecular flexibility index (Phi) is 2.18. The molecule has 0 bridgehead atoms. The maximum atomic E-state index is 11.0. The van der Waals surface area contributed by atoms with Gasteiger partial charge in [0, 0.05) is 18.5 Å². The van der Waals surface area contributed by atoms with E-state index in [1.165, 1.54) is 10.5 Å². The third kappa shape index (κ3) is 1.69. The Balaban J connectivity index is 2.43. The van der Waals surface area contributed by atoms with E-state index in [0.29, 0.717) is 13.1 Å². The molecule has 0 spiro atoms. The molecule has 0 saturated heterocycles. The summed E-state index contributed by atoms with van der Waals surface area (Å²) in [5, 5.41) is 9.02. The van der Waals surface area contributed by atoms with Crippen molar-refractivity contribution in [2.75, 3.05) is 6.54 Å². The van der Waals surface area contributed by atoms with Crippen LogP contribution in [0.3, 0.4) is 0 Å². The molecule has 2 rings (SSSR count). The van der Waals surface area contributed by atoms with Gasteiger partial charge in [-0.25, -0.2) is 4.79 Å². The van der Waals surface area contributed by atoms with E-state index in [1.807, 2.05) is 18.2 Å². The molecule has 0 radical (unpaired) electrons. The molecule has 1 aromatic carbocycles. The summed E-state index contributed by atoms with van der Waals surface area (Å²) in [4.78, 5) is 12.5. The van der Waals surface area contributed by atoms with Crippen LogP contribution in [0.25, 0.3) is 0 Å². The Labute approximate surface area is 89.3 Å². The number of fused-ring (bicyclic) bond motifs is 1. The highest BCUT2D eigenvalue weighted by atomic mass is 16.4. The molecular weight excluding hydrogens is 190 g/mol. The third-order valence-corrected chi connectivity index (χ3v) is 2.96. The van der Waals surface area contributed by atoms with Crippen LogP contribution < -0.4 is 0 Å². The number of amides is 1. The van der Waals surface area contributed by atoms with Crippen molar-refractivity contribution in [1.29, 1.82) is 0 Å². The van der Waals surface area contributed by atoms with Crippen LogP contribution in [0, 0.1) is 0 Å². The molecule has 1 N–H and O–H groups in total. The maximum Gasteiger partial charge on any atom is 0.407 e. The second kappa shape index (κ2) is 3.26. The molecule has 0 aromatic heterocycles. The van der Waals surface area contributed by atoms with Gasteiger partial charge in [-0.05, 0) is 11.1 Å². The van der Waals surface area contributed by atoms with Gasteiger partial charge < -0.3 is 10.0 Å². The minimum Gasteiger partial charge on any atom is -0.465 e. The Morgan fingerprint density at radius 3 is 2.73 bits per heavy atom. The normalized spacial score (nSPS) is 18.4. The van der Waals surface area contributed by atoms with Gasteiger partial charge in [-0.3, -0.25) is 0 Å². The van der Waals surface area contributed by atoms with E-state index in [1.54, 1.807) is 0 Å². The van der Waals surface area contributed by atoms with Crippen LogP contribution in [-0.2, 0) is 12.0 Å². The smallest absolute Gasteiger partial charge is 0.407 e. The van der Waals surface area contributed by atoms with E-state index in [0.717, 1.165) is 5.56 Å². The average Bonchev–Trinajstić information content (AvgIpc) is 2.16. The molecule has 1 amide bonds. The summed E-state index contributed by atoms with van der Waals surface area (Å²) in [5.74, 6) is 0. The summed E-state index contributed by atoms with van der Waals surface area (Å²) in [6.45, 7) is 5.25. The molecule has 15 heavy (non-hydrogen) atoms. The Morgan fingerprint density at radius 2 is 2.07 bits per heavy atom. The van der Waals surface area contributed by atoms with Crippen molar-refractivity contribution >= 4 is 6.09 Å². The molecule has 3 nitrogen and oxygen atoms in total. The lowest BCUT2D eigenvalue weighted by Crippen LogP contribution is -2.44. The highest BCUT2D eigenvalue weighted by Crippen LogP contribution is 2.32. The fourth-order valence-electron chi connectivity index (χ4n) is 2.28. The number of rotatable bonds is 0. The molecule has 1 aromatic rings. The average molecular weight is 205 g/mol. The van der Waals surface area contributed by atoms with Crippen LogP contribution >= 0.6 is 0 Å². The van der Waals surface area contributed by atoms with Crippen molar-refractivity contribution < 1.29 is 9.90 Å². The van der Waals surface area contributed by atoms with Crippen LogP contribution in [0.15, 0.2) is 24.3 Å². The topological polar surface area (TPSA) is 40.5 Å². The van der Waals surface area contributed by atoms with E-state index in [2.05, 4.69) is 19.9 Å². The number of hydrogen-bond donors (Lipinski definition) is 1. The molecular formula is C12H15NO2. The van der Waals surface area contributed by atoms with Crippen molar-refractivity contribution in [2.45, 2.75) is 25.8 Å². The van der Waals surface area contributed by atoms with Crippen molar-refractivity contribution in [3.63, 3.8) is 0 Å². The lowest BCUT2D eigenvalue weighted by Gasteiger charge is -2.38. The third-order valence-electron chi connectivity index (χ3n) is 2.96. The minimum atomic E-state index is -0.836. The summed E-state index contributed by atoms with van der Waals surface area (Å²) in [5.41, 5.74) is 2.30. The molecule has 1 heterocycles. The lowest BCUT2D eigenvalue weighted by molar-refractivity contribution is 0.125. The summed E-state index contributed by atoms with van der Waals surface area (Å²) in [7, 11) is 0. The maximum absolute atomic E-state index is 11.0. The van der Waals surface area contributed by atoms with E-state index >= 15 is 0 Å². The first-order valence-electron chi connectivity index (χ1n) is 5.07. The first-order chi connectivity index (χ1) is 7.00. The Hall–Kier alpha value is -1.51. The van der Waals surface area contributed by atoms with Gasteiger partial charge in [-0.15, -0.1) is 0 Å². The van der Waals surface area contributed by atoms with Crippen molar-refractivity contribution in [3.05, 3.63) is 35.4 Å². The second-order valence-corrected chi connectivity index (χ2v) is 4.68. The molecule has 0 saturated carbocycles. The quantitative estimate of drug-likeness (QED) is 0.706. The molecule has 0 fully saturated rings. The number of benzene rings is 1. The fraction of sp³-hybridized carbons (Fsp3) is 0.417. The van der Waals surface area contributed by atoms with Crippen LogP contribution in [0.2, 0.25) is 0 Å². The first kappa shape index (κ1) is 10.0. The summed E-state index contributed by atoms with van der Waals surface area (Å²) < 4.78 is 0. The van der Waals surface area contributed by atoms with Crippen molar-refractivity contribution in [3.8, 4) is 0 Å². The Bertz CT molecular complexity index is 398. The predicted molar refractivity (Wildman–Crippen MR) is 57.9 cm³/mol.